The van der Waals surface area contributed by atoms with Gasteiger partial charge in [-0.05, 0) is 82.0 Å². The minimum atomic E-state index is -0.372. The number of carbonyl (C=O) groups excluding carboxylic acids is 1. The van der Waals surface area contributed by atoms with Crippen LogP contribution in [0.25, 0.3) is 0 Å². The van der Waals surface area contributed by atoms with Gasteiger partial charge >= 0.3 is 0 Å². The van der Waals surface area contributed by atoms with E-state index in [9.17, 15) is 4.79 Å². The van der Waals surface area contributed by atoms with E-state index in [2.05, 4.69) is 15.6 Å². The van der Waals surface area contributed by atoms with Gasteiger partial charge in [0, 0.05) is 19.8 Å². The van der Waals surface area contributed by atoms with Crippen molar-refractivity contribution >= 4 is 5.91 Å². The summed E-state index contributed by atoms with van der Waals surface area (Å²) in [5, 5.41) is 11.1. The van der Waals surface area contributed by atoms with Gasteiger partial charge in [0.05, 0.1) is 12.7 Å². The topological polar surface area (TPSA) is 78.3 Å². The summed E-state index contributed by atoms with van der Waals surface area (Å²) in [7, 11) is 0. The van der Waals surface area contributed by atoms with E-state index in [1.54, 1.807) is 10.9 Å². The van der Waals surface area contributed by atoms with Crippen LogP contribution >= 0.6 is 0 Å². The Morgan fingerprint density at radius 1 is 1.18 bits per heavy atom. The first-order valence-corrected chi connectivity index (χ1v) is 11.0. The third-order valence-corrected chi connectivity index (χ3v) is 6.92. The molecule has 28 heavy (non-hydrogen) atoms. The fourth-order valence-corrected chi connectivity index (χ4v) is 6.30. The highest BCUT2D eigenvalue weighted by atomic mass is 16.7. The molecule has 7 nitrogen and oxygen atoms in total. The minimum absolute atomic E-state index is 0.139. The lowest BCUT2D eigenvalue weighted by Gasteiger charge is -2.57. The highest BCUT2D eigenvalue weighted by molar-refractivity contribution is 5.91. The summed E-state index contributed by atoms with van der Waals surface area (Å²) in [5.41, 5.74) is 0.847. The van der Waals surface area contributed by atoms with E-state index in [1.165, 1.54) is 38.5 Å². The molecule has 4 bridgehead atoms. The summed E-state index contributed by atoms with van der Waals surface area (Å²) in [5.74, 6) is 2.71. The SMILES string of the molecule is CCOC(Cn1cc(C(=O)NCCC23CC4CC(CC(C4)C2)C3)nn1)OCC. The number of amides is 1. The third-order valence-electron chi connectivity index (χ3n) is 6.92. The molecule has 4 saturated carbocycles. The Kier molecular flexibility index (Phi) is 6.01. The normalized spacial score (nSPS) is 30.9. The third kappa shape index (κ3) is 4.40. The van der Waals surface area contributed by atoms with Crippen molar-refractivity contribution in [2.75, 3.05) is 19.8 Å². The molecule has 4 fully saturated rings. The summed E-state index contributed by atoms with van der Waals surface area (Å²) in [6.07, 6.45) is 10.9. The van der Waals surface area contributed by atoms with Crippen LogP contribution in [-0.4, -0.2) is 46.9 Å². The van der Waals surface area contributed by atoms with Gasteiger partial charge in [-0.1, -0.05) is 5.21 Å². The van der Waals surface area contributed by atoms with Crippen molar-refractivity contribution in [3.05, 3.63) is 11.9 Å². The second kappa shape index (κ2) is 8.49. The van der Waals surface area contributed by atoms with E-state index >= 15 is 0 Å². The number of carbonyl (C=O) groups is 1. The average molecular weight is 391 g/mol. The fourth-order valence-electron chi connectivity index (χ4n) is 6.30. The average Bonchev–Trinajstić information content (AvgIpc) is 3.09. The van der Waals surface area contributed by atoms with Crippen molar-refractivity contribution in [3.8, 4) is 0 Å². The first-order valence-electron chi connectivity index (χ1n) is 11.0. The smallest absolute Gasteiger partial charge is 0.273 e. The molecule has 7 heteroatoms. The van der Waals surface area contributed by atoms with Crippen molar-refractivity contribution in [2.45, 2.75) is 71.6 Å². The number of nitrogens with zero attached hydrogens (tertiary/aromatic N) is 3. The zero-order chi connectivity index (χ0) is 19.6. The number of nitrogens with one attached hydrogen (secondary N) is 1. The maximum Gasteiger partial charge on any atom is 0.273 e. The van der Waals surface area contributed by atoms with Crippen molar-refractivity contribution < 1.29 is 14.3 Å². The van der Waals surface area contributed by atoms with E-state index in [0.29, 0.717) is 30.9 Å². The van der Waals surface area contributed by atoms with Crippen molar-refractivity contribution in [2.24, 2.45) is 23.2 Å². The number of hydrogen-bond acceptors (Lipinski definition) is 5. The first-order chi connectivity index (χ1) is 13.6. The molecule has 156 valence electrons. The molecule has 0 spiro atoms. The lowest BCUT2D eigenvalue weighted by atomic mass is 9.49. The maximum absolute atomic E-state index is 12.5. The van der Waals surface area contributed by atoms with Gasteiger partial charge in [-0.25, -0.2) is 4.68 Å². The quantitative estimate of drug-likeness (QED) is 0.621. The van der Waals surface area contributed by atoms with Gasteiger partial charge < -0.3 is 14.8 Å². The minimum Gasteiger partial charge on any atom is -0.351 e. The van der Waals surface area contributed by atoms with Gasteiger partial charge in [-0.3, -0.25) is 4.79 Å². The summed E-state index contributed by atoms with van der Waals surface area (Å²) in [6.45, 7) is 6.15. The molecule has 1 aromatic rings. The molecule has 0 radical (unpaired) electrons. The molecule has 1 heterocycles. The maximum atomic E-state index is 12.5. The molecule has 0 aromatic carbocycles. The predicted octanol–water partition coefficient (Wildman–Crippen LogP) is 3.01. The zero-order valence-electron chi connectivity index (χ0n) is 17.2. The lowest BCUT2D eigenvalue weighted by Crippen LogP contribution is -2.47. The molecule has 4 aliphatic carbocycles. The van der Waals surface area contributed by atoms with Crippen LogP contribution in [0.3, 0.4) is 0 Å². The molecule has 4 aliphatic rings. The molecular formula is C21H34N4O3. The highest BCUT2D eigenvalue weighted by Gasteiger charge is 2.50. The molecular weight excluding hydrogens is 356 g/mol. The molecule has 1 amide bonds. The Bertz CT molecular complexity index is 633. The summed E-state index contributed by atoms with van der Waals surface area (Å²) >= 11 is 0. The molecule has 1 N–H and O–H groups in total. The Hall–Kier alpha value is -1.47. The lowest BCUT2D eigenvalue weighted by molar-refractivity contribution is -0.145. The van der Waals surface area contributed by atoms with E-state index in [-0.39, 0.29) is 12.2 Å². The van der Waals surface area contributed by atoms with Gasteiger partial charge in [0.25, 0.3) is 5.91 Å². The second-order valence-electron chi connectivity index (χ2n) is 9.09. The van der Waals surface area contributed by atoms with E-state index in [0.717, 1.165) is 30.7 Å². The molecule has 0 atom stereocenters. The molecule has 0 aliphatic heterocycles. The standard InChI is InChI=1S/C21H34N4O3/c1-3-27-19(28-4-2)14-25-13-18(23-24-25)20(26)22-6-5-21-10-15-7-16(11-21)9-17(8-15)12-21/h13,15-17,19H,3-12,14H2,1-2H3,(H,22,26). The second-order valence-corrected chi connectivity index (χ2v) is 9.09. The van der Waals surface area contributed by atoms with Gasteiger partial charge in [0.2, 0.25) is 0 Å². The zero-order valence-corrected chi connectivity index (χ0v) is 17.2. The number of rotatable bonds is 10. The molecule has 1 aromatic heterocycles. The van der Waals surface area contributed by atoms with E-state index in [1.807, 2.05) is 13.8 Å². The number of ether oxygens (including phenoxy) is 2. The Labute approximate surface area is 167 Å². The van der Waals surface area contributed by atoms with Crippen molar-refractivity contribution in [1.29, 1.82) is 0 Å². The number of aromatic nitrogens is 3. The monoisotopic (exact) mass is 390 g/mol. The highest BCUT2D eigenvalue weighted by Crippen LogP contribution is 2.61. The Balaban J connectivity index is 1.26. The van der Waals surface area contributed by atoms with Crippen LogP contribution in [0, 0.1) is 23.2 Å². The predicted molar refractivity (Wildman–Crippen MR) is 105 cm³/mol. The fraction of sp³-hybridized carbons (Fsp3) is 0.857. The Morgan fingerprint density at radius 2 is 1.79 bits per heavy atom. The van der Waals surface area contributed by atoms with E-state index in [4.69, 9.17) is 9.47 Å². The van der Waals surface area contributed by atoms with E-state index < -0.39 is 0 Å². The van der Waals surface area contributed by atoms with Gasteiger partial charge in [-0.15, -0.1) is 5.10 Å². The van der Waals surface area contributed by atoms with Crippen LogP contribution in [0.15, 0.2) is 6.20 Å². The number of hydrogen-bond donors (Lipinski definition) is 1. The largest absolute Gasteiger partial charge is 0.351 e. The summed E-state index contributed by atoms with van der Waals surface area (Å²) in [6, 6.07) is 0. The van der Waals surface area contributed by atoms with Crippen LogP contribution in [0.2, 0.25) is 0 Å². The molecule has 0 unspecified atom stereocenters. The molecule has 0 saturated heterocycles. The van der Waals surface area contributed by atoms with Crippen LogP contribution in [0.4, 0.5) is 0 Å². The molecule has 5 rings (SSSR count). The summed E-state index contributed by atoms with van der Waals surface area (Å²) in [4.78, 5) is 12.5. The van der Waals surface area contributed by atoms with Gasteiger partial charge in [0.1, 0.15) is 0 Å². The Morgan fingerprint density at radius 3 is 2.36 bits per heavy atom. The van der Waals surface area contributed by atoms with Crippen molar-refractivity contribution in [1.82, 2.24) is 20.3 Å². The van der Waals surface area contributed by atoms with Crippen LogP contribution in [0.1, 0.15) is 69.3 Å². The van der Waals surface area contributed by atoms with Gasteiger partial charge in [-0.2, -0.15) is 0 Å². The van der Waals surface area contributed by atoms with Crippen LogP contribution in [0.5, 0.6) is 0 Å². The first kappa shape index (κ1) is 19.8. The van der Waals surface area contributed by atoms with Gasteiger partial charge in [0.15, 0.2) is 12.0 Å². The summed E-state index contributed by atoms with van der Waals surface area (Å²) < 4.78 is 12.7. The van der Waals surface area contributed by atoms with Crippen LogP contribution in [-0.2, 0) is 16.0 Å². The van der Waals surface area contributed by atoms with Crippen LogP contribution < -0.4 is 5.32 Å². The van der Waals surface area contributed by atoms with Crippen molar-refractivity contribution in [3.63, 3.8) is 0 Å².